The van der Waals surface area contributed by atoms with Gasteiger partial charge in [0.1, 0.15) is 6.54 Å². The fourth-order valence-corrected chi connectivity index (χ4v) is 4.89. The van der Waals surface area contributed by atoms with Crippen molar-refractivity contribution < 1.29 is 14.0 Å². The molecule has 0 saturated heterocycles. The summed E-state index contributed by atoms with van der Waals surface area (Å²) in [5.74, 6) is -0.121. The molecule has 1 aromatic carbocycles. The predicted molar refractivity (Wildman–Crippen MR) is 118 cm³/mol. The first-order valence-corrected chi connectivity index (χ1v) is 11.2. The van der Waals surface area contributed by atoms with Crippen LogP contribution in [0.25, 0.3) is 0 Å². The van der Waals surface area contributed by atoms with Crippen LogP contribution in [0.3, 0.4) is 0 Å². The summed E-state index contributed by atoms with van der Waals surface area (Å²) < 4.78 is 5.26. The fourth-order valence-electron chi connectivity index (χ4n) is 3.86. The first-order chi connectivity index (χ1) is 14.5. The van der Waals surface area contributed by atoms with Crippen LogP contribution in [0.15, 0.2) is 58.5 Å². The summed E-state index contributed by atoms with van der Waals surface area (Å²) >= 11 is 7.81. The number of benzene rings is 1. The summed E-state index contributed by atoms with van der Waals surface area (Å²) in [5.41, 5.74) is 2.16. The van der Waals surface area contributed by atoms with Crippen LogP contribution in [0.5, 0.6) is 0 Å². The average Bonchev–Trinajstić information content (AvgIpc) is 3.43. The standard InChI is InChI=1S/C23H23ClN2O3S/c1-15(2)26(23(28)19-4-3-12-29-19)14-21(27)25-11-9-20-18(10-13-30-20)22(25)16-5-7-17(24)8-6-16/h3-8,10,12-13,15,22H,9,11,14H2,1-2H3. The van der Waals surface area contributed by atoms with E-state index in [9.17, 15) is 9.59 Å². The maximum atomic E-state index is 13.4. The summed E-state index contributed by atoms with van der Waals surface area (Å²) in [4.78, 5) is 31.0. The van der Waals surface area contributed by atoms with Gasteiger partial charge in [-0.25, -0.2) is 0 Å². The number of nitrogens with zero attached hydrogens (tertiary/aromatic N) is 2. The second-order valence-electron chi connectivity index (χ2n) is 7.59. The number of fused-ring (bicyclic) bond motifs is 1. The van der Waals surface area contributed by atoms with Crippen LogP contribution in [-0.2, 0) is 11.2 Å². The summed E-state index contributed by atoms with van der Waals surface area (Å²) in [7, 11) is 0. The Hall–Kier alpha value is -2.57. The van der Waals surface area contributed by atoms with E-state index in [-0.39, 0.29) is 36.2 Å². The molecule has 0 radical (unpaired) electrons. The number of hydrogen-bond donors (Lipinski definition) is 0. The van der Waals surface area contributed by atoms with E-state index >= 15 is 0 Å². The van der Waals surface area contributed by atoms with Crippen molar-refractivity contribution >= 4 is 34.8 Å². The minimum Gasteiger partial charge on any atom is -0.459 e. The van der Waals surface area contributed by atoms with Gasteiger partial charge in [-0.05, 0) is 67.1 Å². The van der Waals surface area contributed by atoms with Crippen molar-refractivity contribution in [1.82, 2.24) is 9.80 Å². The number of rotatable bonds is 5. The third-order valence-corrected chi connectivity index (χ3v) is 6.64. The van der Waals surface area contributed by atoms with Crippen molar-refractivity contribution in [2.24, 2.45) is 0 Å². The van der Waals surface area contributed by atoms with Crippen LogP contribution >= 0.6 is 22.9 Å². The second kappa shape index (κ2) is 8.66. The molecular weight excluding hydrogens is 420 g/mol. The first kappa shape index (κ1) is 20.7. The number of hydrogen-bond acceptors (Lipinski definition) is 4. The highest BCUT2D eigenvalue weighted by Crippen LogP contribution is 2.38. The molecule has 2 aromatic heterocycles. The zero-order chi connectivity index (χ0) is 21.3. The quantitative estimate of drug-likeness (QED) is 0.557. The molecular formula is C23H23ClN2O3S. The van der Waals surface area contributed by atoms with Crippen molar-refractivity contribution in [3.8, 4) is 0 Å². The van der Waals surface area contributed by atoms with Crippen molar-refractivity contribution in [3.63, 3.8) is 0 Å². The van der Waals surface area contributed by atoms with Crippen molar-refractivity contribution in [3.05, 3.63) is 80.9 Å². The molecule has 3 aromatic rings. The van der Waals surface area contributed by atoms with Crippen LogP contribution in [0, 0.1) is 0 Å². The summed E-state index contributed by atoms with van der Waals surface area (Å²) in [5, 5.41) is 2.73. The number of thiophene rings is 1. The Morgan fingerprint density at radius 1 is 1.23 bits per heavy atom. The zero-order valence-electron chi connectivity index (χ0n) is 16.9. The lowest BCUT2D eigenvalue weighted by atomic mass is 9.93. The molecule has 1 aliphatic heterocycles. The molecule has 0 fully saturated rings. The number of carbonyl (C=O) groups is 2. The molecule has 7 heteroatoms. The largest absolute Gasteiger partial charge is 0.459 e. The van der Waals surface area contributed by atoms with Crippen LogP contribution in [-0.4, -0.2) is 40.7 Å². The SMILES string of the molecule is CC(C)N(CC(=O)N1CCc2sccc2C1c1ccc(Cl)cc1)C(=O)c1ccco1. The van der Waals surface area contributed by atoms with Crippen molar-refractivity contribution in [2.75, 3.05) is 13.1 Å². The maximum absolute atomic E-state index is 13.4. The van der Waals surface area contributed by atoms with Crippen molar-refractivity contribution in [1.29, 1.82) is 0 Å². The Labute approximate surface area is 184 Å². The van der Waals surface area contributed by atoms with E-state index in [1.807, 2.05) is 43.0 Å². The van der Waals surface area contributed by atoms with Gasteiger partial charge in [-0.1, -0.05) is 23.7 Å². The Morgan fingerprint density at radius 3 is 2.67 bits per heavy atom. The van der Waals surface area contributed by atoms with Crippen LogP contribution in [0.4, 0.5) is 0 Å². The van der Waals surface area contributed by atoms with E-state index in [4.69, 9.17) is 16.0 Å². The summed E-state index contributed by atoms with van der Waals surface area (Å²) in [6.07, 6.45) is 2.28. The summed E-state index contributed by atoms with van der Waals surface area (Å²) in [6.45, 7) is 4.41. The Kier molecular flexibility index (Phi) is 5.97. The lowest BCUT2D eigenvalue weighted by Crippen LogP contribution is -2.48. The van der Waals surface area contributed by atoms with Crippen LogP contribution < -0.4 is 0 Å². The lowest BCUT2D eigenvalue weighted by molar-refractivity contribution is -0.134. The molecule has 0 aliphatic carbocycles. The predicted octanol–water partition coefficient (Wildman–Crippen LogP) is 5.02. The molecule has 0 N–H and O–H groups in total. The van der Waals surface area contributed by atoms with Crippen LogP contribution in [0.2, 0.25) is 5.02 Å². The molecule has 30 heavy (non-hydrogen) atoms. The minimum atomic E-state index is -0.278. The maximum Gasteiger partial charge on any atom is 0.290 e. The monoisotopic (exact) mass is 442 g/mol. The van der Waals surface area contributed by atoms with E-state index in [0.717, 1.165) is 17.5 Å². The molecule has 5 nitrogen and oxygen atoms in total. The highest BCUT2D eigenvalue weighted by Gasteiger charge is 2.34. The van der Waals surface area contributed by atoms with Gasteiger partial charge in [0, 0.05) is 22.5 Å². The second-order valence-corrected chi connectivity index (χ2v) is 9.03. The fraction of sp³-hybridized carbons (Fsp3) is 0.304. The molecule has 1 aliphatic rings. The van der Waals surface area contributed by atoms with Crippen molar-refractivity contribution in [2.45, 2.75) is 32.4 Å². The number of amides is 2. The molecule has 0 bridgehead atoms. The van der Waals surface area contributed by atoms with E-state index in [1.165, 1.54) is 11.1 Å². The van der Waals surface area contributed by atoms with Gasteiger partial charge in [0.2, 0.25) is 5.91 Å². The van der Waals surface area contributed by atoms with Gasteiger partial charge in [-0.3, -0.25) is 9.59 Å². The summed E-state index contributed by atoms with van der Waals surface area (Å²) in [6, 6.07) is 12.7. The highest BCUT2D eigenvalue weighted by atomic mass is 35.5. The van der Waals surface area contributed by atoms with Gasteiger partial charge in [0.15, 0.2) is 5.76 Å². The molecule has 156 valence electrons. The van der Waals surface area contributed by atoms with E-state index < -0.39 is 0 Å². The van der Waals surface area contributed by atoms with Gasteiger partial charge in [-0.2, -0.15) is 0 Å². The van der Waals surface area contributed by atoms with E-state index in [1.54, 1.807) is 28.4 Å². The van der Waals surface area contributed by atoms with Gasteiger partial charge in [0.05, 0.1) is 12.3 Å². The third kappa shape index (κ3) is 4.02. The highest BCUT2D eigenvalue weighted by molar-refractivity contribution is 7.10. The minimum absolute atomic E-state index is 0.000754. The number of carbonyl (C=O) groups excluding carboxylic acids is 2. The molecule has 3 heterocycles. The Morgan fingerprint density at radius 2 is 2.00 bits per heavy atom. The first-order valence-electron chi connectivity index (χ1n) is 9.91. The third-order valence-electron chi connectivity index (χ3n) is 5.39. The molecule has 0 saturated carbocycles. The average molecular weight is 443 g/mol. The Balaban J connectivity index is 1.63. The molecule has 1 atom stereocenters. The van der Waals surface area contributed by atoms with Gasteiger partial charge in [0.25, 0.3) is 5.91 Å². The van der Waals surface area contributed by atoms with Crippen LogP contribution in [0.1, 0.15) is 46.4 Å². The molecule has 0 spiro atoms. The topological polar surface area (TPSA) is 53.8 Å². The number of halogens is 1. The van der Waals surface area contributed by atoms with E-state index in [0.29, 0.717) is 11.6 Å². The molecule has 1 unspecified atom stereocenters. The lowest BCUT2D eigenvalue weighted by Gasteiger charge is -2.38. The van der Waals surface area contributed by atoms with Gasteiger partial charge in [-0.15, -0.1) is 11.3 Å². The molecule has 2 amide bonds. The van der Waals surface area contributed by atoms with Gasteiger partial charge < -0.3 is 14.2 Å². The zero-order valence-corrected chi connectivity index (χ0v) is 18.4. The Bertz CT molecular complexity index is 1030. The smallest absolute Gasteiger partial charge is 0.290 e. The number of furan rings is 1. The van der Waals surface area contributed by atoms with E-state index in [2.05, 4.69) is 11.4 Å². The normalized spacial score (nSPS) is 15.9. The molecule has 4 rings (SSSR count). The van der Waals surface area contributed by atoms with Gasteiger partial charge >= 0.3 is 0 Å².